The monoisotopic (exact) mass is 620 g/mol. The van der Waals surface area contributed by atoms with Crippen LogP contribution in [0.15, 0.2) is 12.3 Å². The Morgan fingerprint density at radius 1 is 1.21 bits per heavy atom. The van der Waals surface area contributed by atoms with Crippen molar-refractivity contribution in [1.82, 2.24) is 19.7 Å². The number of hydrogen-bond acceptors (Lipinski definition) is 11. The summed E-state index contributed by atoms with van der Waals surface area (Å²) in [7, 11) is -1.99. The largest absolute Gasteiger partial charge is 0.506 e. The zero-order valence-electron chi connectivity index (χ0n) is 26.5. The number of carbonyl (C=O) groups is 1. The summed E-state index contributed by atoms with van der Waals surface area (Å²) in [4.78, 5) is 23.7. The first-order valence-electron chi connectivity index (χ1n) is 14.8. The Labute approximate surface area is 255 Å². The standard InChI is InChI=1S/C29H48N6O5SSi/c1-27(2,3)39-26(37)33-29(7)11-13-35(14-12-29)25-32-24(41-34-25)19-16-23(30-17-21(19)36)31-20-10-15-38-18-22(20)40-42(8,9)28(4,5)6/h16-17,20,22,36H,10-15,18H2,1-9H3,(H,30,31)(H,33,37)/t20-,22-/m1/s1. The van der Waals surface area contributed by atoms with Crippen molar-refractivity contribution in [2.24, 2.45) is 0 Å². The molecular formula is C29H48N6O5SSi. The zero-order chi connectivity index (χ0) is 30.9. The third-order valence-electron chi connectivity index (χ3n) is 8.37. The van der Waals surface area contributed by atoms with E-state index < -0.39 is 20.0 Å². The lowest BCUT2D eigenvalue weighted by molar-refractivity contribution is -0.00702. The van der Waals surface area contributed by atoms with Gasteiger partial charge in [0, 0.05) is 25.2 Å². The summed E-state index contributed by atoms with van der Waals surface area (Å²) in [5.41, 5.74) is -0.322. The lowest BCUT2D eigenvalue weighted by Gasteiger charge is -2.43. The molecule has 234 valence electrons. The number of hydrogen-bond donors (Lipinski definition) is 3. The maximum atomic E-state index is 12.3. The van der Waals surface area contributed by atoms with Gasteiger partial charge in [-0.15, -0.1) is 0 Å². The topological polar surface area (TPSA) is 131 Å². The van der Waals surface area contributed by atoms with Crippen LogP contribution in [0.25, 0.3) is 10.6 Å². The van der Waals surface area contributed by atoms with E-state index in [2.05, 4.69) is 58.8 Å². The van der Waals surface area contributed by atoms with E-state index in [-0.39, 0.29) is 28.5 Å². The summed E-state index contributed by atoms with van der Waals surface area (Å²) in [6, 6.07) is 1.87. The van der Waals surface area contributed by atoms with Crippen molar-refractivity contribution in [2.75, 3.05) is 36.5 Å². The van der Waals surface area contributed by atoms with Gasteiger partial charge in [-0.25, -0.2) is 9.78 Å². The Balaban J connectivity index is 1.42. The van der Waals surface area contributed by atoms with Crippen LogP contribution in [-0.2, 0) is 13.9 Å². The van der Waals surface area contributed by atoms with Gasteiger partial charge in [0.05, 0.1) is 30.5 Å². The number of nitrogens with zero attached hydrogens (tertiary/aromatic N) is 4. The maximum absolute atomic E-state index is 12.3. The van der Waals surface area contributed by atoms with Crippen molar-refractivity contribution < 1.29 is 23.8 Å². The molecule has 4 rings (SSSR count). The minimum Gasteiger partial charge on any atom is -0.506 e. The highest BCUT2D eigenvalue weighted by Gasteiger charge is 2.42. The molecule has 2 aromatic heterocycles. The van der Waals surface area contributed by atoms with Crippen LogP contribution in [0.3, 0.4) is 0 Å². The Morgan fingerprint density at radius 2 is 1.90 bits per heavy atom. The summed E-state index contributed by atoms with van der Waals surface area (Å²) < 4.78 is 22.5. The quantitative estimate of drug-likeness (QED) is 0.327. The van der Waals surface area contributed by atoms with Crippen LogP contribution in [-0.4, -0.2) is 83.4 Å². The first-order chi connectivity index (χ1) is 19.4. The van der Waals surface area contributed by atoms with Crippen LogP contribution in [0.4, 0.5) is 16.6 Å². The van der Waals surface area contributed by atoms with Gasteiger partial charge in [-0.3, -0.25) is 0 Å². The lowest BCUT2D eigenvalue weighted by Crippen LogP contribution is -2.54. The molecule has 2 atom stereocenters. The van der Waals surface area contributed by atoms with Crippen LogP contribution in [0.2, 0.25) is 18.1 Å². The summed E-state index contributed by atoms with van der Waals surface area (Å²) in [6.07, 6.45) is 3.25. The summed E-state index contributed by atoms with van der Waals surface area (Å²) in [5, 5.41) is 18.0. The normalized spacial score (nSPS) is 21.6. The predicted octanol–water partition coefficient (Wildman–Crippen LogP) is 5.78. The first kappa shape index (κ1) is 32.4. The average Bonchev–Trinajstić information content (AvgIpc) is 3.34. The van der Waals surface area contributed by atoms with Gasteiger partial charge in [0.2, 0.25) is 5.95 Å². The molecule has 11 nitrogen and oxygen atoms in total. The second-order valence-corrected chi connectivity index (χ2v) is 19.7. The van der Waals surface area contributed by atoms with E-state index in [1.54, 1.807) is 0 Å². The molecule has 0 bridgehead atoms. The Morgan fingerprint density at radius 3 is 2.55 bits per heavy atom. The molecule has 42 heavy (non-hydrogen) atoms. The SMILES string of the molecule is CC1(NC(=O)OC(C)(C)C)CCN(c2nsc(-c3cc(N[C@@H]4CCOC[C@H]4O[Si](C)(C)C(C)(C)C)ncc3O)n2)CC1. The van der Waals surface area contributed by atoms with Crippen molar-refractivity contribution >= 4 is 37.7 Å². The zero-order valence-corrected chi connectivity index (χ0v) is 28.4. The molecule has 3 N–H and O–H groups in total. The molecule has 2 fully saturated rings. The average molecular weight is 621 g/mol. The Bertz CT molecular complexity index is 1240. The molecule has 4 heterocycles. The molecule has 0 spiro atoms. The molecule has 2 saturated heterocycles. The molecule has 2 aliphatic rings. The number of pyridine rings is 1. The summed E-state index contributed by atoms with van der Waals surface area (Å²) >= 11 is 1.25. The minimum absolute atomic E-state index is 0.0414. The number of amides is 1. The Kier molecular flexibility index (Phi) is 9.46. The van der Waals surface area contributed by atoms with Crippen LogP contribution < -0.4 is 15.5 Å². The van der Waals surface area contributed by atoms with Crippen molar-refractivity contribution in [3.8, 4) is 16.3 Å². The number of rotatable bonds is 7. The first-order valence-corrected chi connectivity index (χ1v) is 18.4. The third-order valence-corrected chi connectivity index (χ3v) is 13.6. The number of aromatic hydroxyl groups is 1. The molecule has 2 aromatic rings. The van der Waals surface area contributed by atoms with Gasteiger partial charge in [0.25, 0.3) is 0 Å². The van der Waals surface area contributed by atoms with Gasteiger partial charge in [0.1, 0.15) is 22.2 Å². The molecule has 1 amide bonds. The van der Waals surface area contributed by atoms with Crippen LogP contribution >= 0.6 is 11.5 Å². The number of aromatic nitrogens is 3. The molecule has 0 aliphatic carbocycles. The van der Waals surface area contributed by atoms with Crippen LogP contribution in [0.5, 0.6) is 5.75 Å². The minimum atomic E-state index is -1.99. The number of nitrogens with one attached hydrogen (secondary N) is 2. The molecular weight excluding hydrogens is 573 g/mol. The molecule has 0 unspecified atom stereocenters. The van der Waals surface area contributed by atoms with Crippen molar-refractivity contribution in [1.29, 1.82) is 0 Å². The van der Waals surface area contributed by atoms with E-state index in [0.717, 1.165) is 19.3 Å². The van der Waals surface area contributed by atoms with Gasteiger partial charge >= 0.3 is 6.09 Å². The number of anilines is 2. The second-order valence-electron chi connectivity index (χ2n) is 14.2. The lowest BCUT2D eigenvalue weighted by atomic mass is 9.90. The molecule has 2 aliphatic heterocycles. The fourth-order valence-electron chi connectivity index (χ4n) is 4.77. The van der Waals surface area contributed by atoms with E-state index in [1.165, 1.54) is 17.7 Å². The summed E-state index contributed by atoms with van der Waals surface area (Å²) in [6.45, 7) is 21.4. The van der Waals surface area contributed by atoms with E-state index in [4.69, 9.17) is 18.9 Å². The fraction of sp³-hybridized carbons (Fsp3) is 0.724. The molecule has 13 heteroatoms. The molecule has 0 saturated carbocycles. The second kappa shape index (κ2) is 12.3. The number of carbonyl (C=O) groups excluding carboxylic acids is 1. The van der Waals surface area contributed by atoms with Gasteiger partial charge in [0.15, 0.2) is 8.32 Å². The summed E-state index contributed by atoms with van der Waals surface area (Å²) in [5.74, 6) is 1.32. The van der Waals surface area contributed by atoms with Crippen molar-refractivity contribution in [2.45, 2.75) is 109 Å². The third kappa shape index (κ3) is 8.11. The van der Waals surface area contributed by atoms with Gasteiger partial charge in [-0.05, 0) is 82.7 Å². The highest BCUT2D eigenvalue weighted by atomic mass is 32.1. The van der Waals surface area contributed by atoms with Crippen LogP contribution in [0.1, 0.15) is 67.7 Å². The van der Waals surface area contributed by atoms with Gasteiger partial charge < -0.3 is 34.5 Å². The van der Waals surface area contributed by atoms with E-state index >= 15 is 0 Å². The van der Waals surface area contributed by atoms with Gasteiger partial charge in [-0.2, -0.15) is 9.36 Å². The maximum Gasteiger partial charge on any atom is 0.408 e. The highest BCUT2D eigenvalue weighted by molar-refractivity contribution is 7.09. The fourth-order valence-corrected chi connectivity index (χ4v) is 6.82. The molecule has 0 radical (unpaired) electrons. The number of piperidine rings is 1. The highest BCUT2D eigenvalue weighted by Crippen LogP contribution is 2.39. The van der Waals surface area contributed by atoms with E-state index in [9.17, 15) is 9.90 Å². The van der Waals surface area contributed by atoms with Crippen molar-refractivity contribution in [3.05, 3.63) is 12.3 Å². The van der Waals surface area contributed by atoms with Crippen LogP contribution in [0, 0.1) is 0 Å². The number of alkyl carbamates (subject to hydrolysis) is 1. The Hall–Kier alpha value is -2.48. The van der Waals surface area contributed by atoms with E-state index in [1.807, 2.05) is 33.8 Å². The van der Waals surface area contributed by atoms with Crippen molar-refractivity contribution in [3.63, 3.8) is 0 Å². The number of ether oxygens (including phenoxy) is 2. The molecule has 0 aromatic carbocycles. The van der Waals surface area contributed by atoms with Gasteiger partial charge in [-0.1, -0.05) is 20.8 Å². The van der Waals surface area contributed by atoms with E-state index in [0.29, 0.717) is 48.6 Å². The smallest absolute Gasteiger partial charge is 0.408 e. The predicted molar refractivity (Wildman–Crippen MR) is 169 cm³/mol.